The lowest BCUT2D eigenvalue weighted by atomic mass is 9.53. The van der Waals surface area contributed by atoms with Gasteiger partial charge in [0.15, 0.2) is 0 Å². The third-order valence-corrected chi connectivity index (χ3v) is 5.66. The number of rotatable bonds is 2. The van der Waals surface area contributed by atoms with E-state index in [-0.39, 0.29) is 16.2 Å². The van der Waals surface area contributed by atoms with E-state index in [0.29, 0.717) is 6.54 Å². The van der Waals surface area contributed by atoms with Gasteiger partial charge in [0.2, 0.25) is 0 Å². The fourth-order valence-corrected chi connectivity index (χ4v) is 3.96. The summed E-state index contributed by atoms with van der Waals surface area (Å²) < 4.78 is 5.45. The monoisotopic (exact) mass is 256 g/mol. The predicted molar refractivity (Wildman–Crippen MR) is 73.0 cm³/mol. The molecule has 1 rings (SSSR count). The number of hydrogen-bond donors (Lipinski definition) is 2. The van der Waals surface area contributed by atoms with Crippen molar-refractivity contribution < 1.29 is 9.53 Å². The minimum Gasteiger partial charge on any atom is -0.443 e. The molecule has 1 saturated carbocycles. The maximum absolute atomic E-state index is 11.2. The zero-order valence-corrected chi connectivity index (χ0v) is 12.6. The molecule has 4 nitrogen and oxygen atoms in total. The SMILES string of the molecule is CC(C)(C)[C@@]1(CN)CC[C@@](C)(OC(N)=O)C1(C)C. The topological polar surface area (TPSA) is 78.3 Å². The van der Waals surface area contributed by atoms with Crippen LogP contribution in [0.4, 0.5) is 4.79 Å². The summed E-state index contributed by atoms with van der Waals surface area (Å²) in [7, 11) is 0. The Labute approximate surface area is 110 Å². The van der Waals surface area contributed by atoms with E-state index >= 15 is 0 Å². The molecule has 0 aromatic rings. The van der Waals surface area contributed by atoms with Crippen LogP contribution < -0.4 is 11.5 Å². The van der Waals surface area contributed by atoms with Crippen molar-refractivity contribution in [3.8, 4) is 0 Å². The Morgan fingerprint density at radius 1 is 1.22 bits per heavy atom. The van der Waals surface area contributed by atoms with Crippen LogP contribution in [0.2, 0.25) is 0 Å². The fraction of sp³-hybridized carbons (Fsp3) is 0.929. The molecule has 0 spiro atoms. The average Bonchev–Trinajstić information content (AvgIpc) is 2.33. The van der Waals surface area contributed by atoms with Crippen LogP contribution in [0.1, 0.15) is 54.4 Å². The van der Waals surface area contributed by atoms with Crippen molar-refractivity contribution in [2.24, 2.45) is 27.7 Å². The Morgan fingerprint density at radius 2 is 1.72 bits per heavy atom. The summed E-state index contributed by atoms with van der Waals surface area (Å²) in [5, 5.41) is 0. The first kappa shape index (κ1) is 15.3. The molecule has 0 saturated heterocycles. The maximum Gasteiger partial charge on any atom is 0.405 e. The Kier molecular flexibility index (Phi) is 3.50. The molecule has 1 aliphatic rings. The van der Waals surface area contributed by atoms with Crippen LogP contribution in [-0.4, -0.2) is 18.2 Å². The van der Waals surface area contributed by atoms with Gasteiger partial charge in [0.25, 0.3) is 0 Å². The largest absolute Gasteiger partial charge is 0.443 e. The molecule has 1 fully saturated rings. The normalized spacial score (nSPS) is 35.5. The zero-order chi connectivity index (χ0) is 14.4. The molecule has 0 aliphatic heterocycles. The van der Waals surface area contributed by atoms with Crippen molar-refractivity contribution in [1.29, 1.82) is 0 Å². The first-order valence-corrected chi connectivity index (χ1v) is 6.62. The average molecular weight is 256 g/mol. The second-order valence-electron chi connectivity index (χ2n) is 7.31. The standard InChI is InChI=1S/C14H28N2O2/c1-11(2,3)14(9-15)8-7-13(6,12(14,4)5)18-10(16)17/h7-9,15H2,1-6H3,(H2,16,17)/t13-,14+/m1/s1. The number of hydrogen-bond acceptors (Lipinski definition) is 3. The van der Waals surface area contributed by atoms with E-state index in [9.17, 15) is 4.79 Å². The fourth-order valence-electron chi connectivity index (χ4n) is 3.96. The quantitative estimate of drug-likeness (QED) is 0.797. The number of amides is 1. The smallest absolute Gasteiger partial charge is 0.405 e. The van der Waals surface area contributed by atoms with Crippen LogP contribution in [0, 0.1) is 16.2 Å². The Bertz CT molecular complexity index is 346. The van der Waals surface area contributed by atoms with Gasteiger partial charge in [-0.2, -0.15) is 0 Å². The van der Waals surface area contributed by atoms with Crippen molar-refractivity contribution in [3.63, 3.8) is 0 Å². The minimum atomic E-state index is -0.702. The van der Waals surface area contributed by atoms with E-state index in [4.69, 9.17) is 16.2 Å². The molecule has 18 heavy (non-hydrogen) atoms. The summed E-state index contributed by atoms with van der Waals surface area (Å²) in [5.41, 5.74) is 10.5. The van der Waals surface area contributed by atoms with Gasteiger partial charge < -0.3 is 16.2 Å². The van der Waals surface area contributed by atoms with Gasteiger partial charge in [-0.25, -0.2) is 4.79 Å². The Hall–Kier alpha value is -0.770. The highest BCUT2D eigenvalue weighted by molar-refractivity contribution is 5.65. The minimum absolute atomic E-state index is 0.0457. The summed E-state index contributed by atoms with van der Waals surface area (Å²) in [4.78, 5) is 11.2. The lowest BCUT2D eigenvalue weighted by Crippen LogP contribution is -2.56. The van der Waals surface area contributed by atoms with Crippen molar-refractivity contribution in [3.05, 3.63) is 0 Å². The van der Waals surface area contributed by atoms with Crippen LogP contribution >= 0.6 is 0 Å². The molecule has 0 radical (unpaired) electrons. The molecule has 4 heteroatoms. The van der Waals surface area contributed by atoms with Gasteiger partial charge >= 0.3 is 6.09 Å². The molecule has 0 aromatic heterocycles. The number of primary amides is 1. The molecule has 1 amide bonds. The molecule has 0 bridgehead atoms. The van der Waals surface area contributed by atoms with E-state index in [1.54, 1.807) is 0 Å². The number of carbonyl (C=O) groups excluding carboxylic acids is 1. The molecular weight excluding hydrogens is 228 g/mol. The van der Waals surface area contributed by atoms with Gasteiger partial charge in [-0.1, -0.05) is 34.6 Å². The van der Waals surface area contributed by atoms with Gasteiger partial charge in [0.1, 0.15) is 5.60 Å². The highest BCUT2D eigenvalue weighted by Gasteiger charge is 2.65. The molecule has 106 valence electrons. The van der Waals surface area contributed by atoms with Crippen molar-refractivity contribution >= 4 is 6.09 Å². The number of ether oxygens (including phenoxy) is 1. The van der Waals surface area contributed by atoms with Gasteiger partial charge in [-0.05, 0) is 37.1 Å². The molecule has 0 unspecified atom stereocenters. The molecule has 1 aliphatic carbocycles. The zero-order valence-electron chi connectivity index (χ0n) is 12.6. The van der Waals surface area contributed by atoms with Gasteiger partial charge in [-0.15, -0.1) is 0 Å². The highest BCUT2D eigenvalue weighted by atomic mass is 16.6. The van der Waals surface area contributed by atoms with Crippen molar-refractivity contribution in [2.75, 3.05) is 6.54 Å². The van der Waals surface area contributed by atoms with Gasteiger partial charge in [0, 0.05) is 5.41 Å². The van der Waals surface area contributed by atoms with E-state index in [1.807, 2.05) is 6.92 Å². The lowest BCUT2D eigenvalue weighted by Gasteiger charge is -2.54. The number of nitrogens with two attached hydrogens (primary N) is 2. The summed E-state index contributed by atoms with van der Waals surface area (Å²) in [5.74, 6) is 0. The van der Waals surface area contributed by atoms with Crippen LogP contribution in [0.15, 0.2) is 0 Å². The molecular formula is C14H28N2O2. The molecule has 2 atom stereocenters. The lowest BCUT2D eigenvalue weighted by molar-refractivity contribution is -0.110. The second-order valence-corrected chi connectivity index (χ2v) is 7.31. The van der Waals surface area contributed by atoms with E-state index in [0.717, 1.165) is 12.8 Å². The van der Waals surface area contributed by atoms with E-state index in [2.05, 4.69) is 34.6 Å². The third-order valence-electron chi connectivity index (χ3n) is 5.66. The van der Waals surface area contributed by atoms with Crippen LogP contribution in [0.25, 0.3) is 0 Å². The molecule has 0 aromatic carbocycles. The molecule has 0 heterocycles. The van der Waals surface area contributed by atoms with Gasteiger partial charge in [0.05, 0.1) is 0 Å². The summed E-state index contributed by atoms with van der Waals surface area (Å²) >= 11 is 0. The first-order chi connectivity index (χ1) is 7.93. The van der Waals surface area contributed by atoms with E-state index < -0.39 is 11.7 Å². The molecule has 4 N–H and O–H groups in total. The van der Waals surface area contributed by atoms with Crippen molar-refractivity contribution in [1.82, 2.24) is 0 Å². The summed E-state index contributed by atoms with van der Waals surface area (Å²) in [6.07, 6.45) is 1.05. The van der Waals surface area contributed by atoms with Crippen LogP contribution in [0.3, 0.4) is 0 Å². The second kappa shape index (κ2) is 4.12. The summed E-state index contributed by atoms with van der Waals surface area (Å²) in [6, 6.07) is 0. The van der Waals surface area contributed by atoms with Crippen LogP contribution in [-0.2, 0) is 4.74 Å². The number of carbonyl (C=O) groups is 1. The van der Waals surface area contributed by atoms with E-state index in [1.165, 1.54) is 0 Å². The Balaban J connectivity index is 3.26. The van der Waals surface area contributed by atoms with Crippen molar-refractivity contribution in [2.45, 2.75) is 60.0 Å². The first-order valence-electron chi connectivity index (χ1n) is 6.62. The maximum atomic E-state index is 11.2. The highest BCUT2D eigenvalue weighted by Crippen LogP contribution is 2.65. The van der Waals surface area contributed by atoms with Crippen LogP contribution in [0.5, 0.6) is 0 Å². The Morgan fingerprint density at radius 3 is 2.00 bits per heavy atom. The summed E-state index contributed by atoms with van der Waals surface area (Å²) in [6.45, 7) is 13.5. The third kappa shape index (κ3) is 1.81. The van der Waals surface area contributed by atoms with Gasteiger partial charge in [-0.3, -0.25) is 0 Å². The predicted octanol–water partition coefficient (Wildman–Crippen LogP) is 2.65.